The maximum absolute atomic E-state index is 11.5. The molecule has 0 aromatic carbocycles. The second-order valence-corrected chi connectivity index (χ2v) is 3.82. The quantitative estimate of drug-likeness (QED) is 0.799. The highest BCUT2D eigenvalue weighted by molar-refractivity contribution is 7.20. The van der Waals surface area contributed by atoms with Gasteiger partial charge in [-0.15, -0.1) is 5.10 Å². The molecule has 2 heterocycles. The lowest BCUT2D eigenvalue weighted by Crippen LogP contribution is -2.14. The Hall–Kier alpha value is -1.43. The van der Waals surface area contributed by atoms with Gasteiger partial charge in [0.05, 0.1) is 0 Å². The first-order valence-corrected chi connectivity index (χ1v) is 5.13. The van der Waals surface area contributed by atoms with Gasteiger partial charge in [-0.05, 0) is 13.8 Å². The Labute approximate surface area is 84.4 Å². The van der Waals surface area contributed by atoms with E-state index in [-0.39, 0.29) is 5.56 Å². The standard InChI is InChI=1S/C8H10N4OS/c1-3-9-7-11-12-6(13)4-5(2)10-8(12)14-7/h4H,3H2,1-2H3,(H,9,11). The SMILES string of the molecule is CCNc1nn2c(=O)cc(C)nc2s1. The summed E-state index contributed by atoms with van der Waals surface area (Å²) in [5.41, 5.74) is 0.592. The molecule has 2 aromatic rings. The number of rotatable bonds is 2. The van der Waals surface area contributed by atoms with Gasteiger partial charge in [-0.1, -0.05) is 11.3 Å². The lowest BCUT2D eigenvalue weighted by atomic mass is 10.5. The summed E-state index contributed by atoms with van der Waals surface area (Å²) in [5.74, 6) is 0. The monoisotopic (exact) mass is 210 g/mol. The molecule has 0 aliphatic carbocycles. The minimum atomic E-state index is -0.132. The molecule has 0 bridgehead atoms. The average molecular weight is 210 g/mol. The third kappa shape index (κ3) is 1.48. The van der Waals surface area contributed by atoms with Gasteiger partial charge in [-0.3, -0.25) is 4.79 Å². The van der Waals surface area contributed by atoms with Crippen LogP contribution in [0, 0.1) is 6.92 Å². The van der Waals surface area contributed by atoms with Gasteiger partial charge in [0.1, 0.15) is 0 Å². The normalized spacial score (nSPS) is 10.7. The number of nitrogens with zero attached hydrogens (tertiary/aromatic N) is 3. The van der Waals surface area contributed by atoms with E-state index in [2.05, 4.69) is 15.4 Å². The molecule has 0 aliphatic rings. The first kappa shape index (κ1) is 9.14. The fourth-order valence-corrected chi connectivity index (χ4v) is 2.06. The van der Waals surface area contributed by atoms with Gasteiger partial charge in [0, 0.05) is 18.3 Å². The van der Waals surface area contributed by atoms with E-state index < -0.39 is 0 Å². The Kier molecular flexibility index (Phi) is 2.20. The van der Waals surface area contributed by atoms with E-state index in [1.807, 2.05) is 6.92 Å². The van der Waals surface area contributed by atoms with Crippen molar-refractivity contribution in [2.75, 3.05) is 11.9 Å². The summed E-state index contributed by atoms with van der Waals surface area (Å²) >= 11 is 1.38. The molecule has 0 saturated heterocycles. The molecular formula is C8H10N4OS. The Morgan fingerprint density at radius 2 is 2.43 bits per heavy atom. The summed E-state index contributed by atoms with van der Waals surface area (Å²) in [5, 5.41) is 7.87. The molecule has 0 amide bonds. The van der Waals surface area contributed by atoms with Gasteiger partial charge >= 0.3 is 0 Å². The highest BCUT2D eigenvalue weighted by Gasteiger charge is 2.05. The lowest BCUT2D eigenvalue weighted by Gasteiger charge is -1.91. The van der Waals surface area contributed by atoms with Crippen molar-refractivity contribution in [2.24, 2.45) is 0 Å². The van der Waals surface area contributed by atoms with Crippen LogP contribution < -0.4 is 10.9 Å². The zero-order chi connectivity index (χ0) is 10.1. The summed E-state index contributed by atoms with van der Waals surface area (Å²) < 4.78 is 1.32. The van der Waals surface area contributed by atoms with Crippen molar-refractivity contribution in [3.8, 4) is 0 Å². The first-order chi connectivity index (χ1) is 6.70. The summed E-state index contributed by atoms with van der Waals surface area (Å²) in [6.07, 6.45) is 0. The molecule has 0 aliphatic heterocycles. The van der Waals surface area contributed by atoms with Crippen molar-refractivity contribution < 1.29 is 0 Å². The number of aryl methyl sites for hydroxylation is 1. The number of anilines is 1. The van der Waals surface area contributed by atoms with Gasteiger partial charge in [0.15, 0.2) is 0 Å². The molecule has 6 heteroatoms. The van der Waals surface area contributed by atoms with Crippen molar-refractivity contribution in [3.63, 3.8) is 0 Å². The fraction of sp³-hybridized carbons (Fsp3) is 0.375. The summed E-state index contributed by atoms with van der Waals surface area (Å²) in [6, 6.07) is 1.47. The Bertz CT molecular complexity index is 516. The number of fused-ring (bicyclic) bond motifs is 1. The van der Waals surface area contributed by atoms with Crippen molar-refractivity contribution >= 4 is 21.4 Å². The molecule has 0 saturated carbocycles. The van der Waals surface area contributed by atoms with E-state index in [4.69, 9.17) is 0 Å². The molecule has 1 N–H and O–H groups in total. The molecule has 0 spiro atoms. The number of nitrogens with one attached hydrogen (secondary N) is 1. The summed E-state index contributed by atoms with van der Waals surface area (Å²) in [6.45, 7) is 4.56. The van der Waals surface area contributed by atoms with Gasteiger partial charge in [-0.2, -0.15) is 4.52 Å². The maximum Gasteiger partial charge on any atom is 0.275 e. The molecule has 2 aromatic heterocycles. The van der Waals surface area contributed by atoms with Crippen LogP contribution in [0.25, 0.3) is 4.96 Å². The molecule has 2 rings (SSSR count). The second-order valence-electron chi connectivity index (χ2n) is 2.87. The van der Waals surface area contributed by atoms with Crippen LogP contribution >= 0.6 is 11.3 Å². The highest BCUT2D eigenvalue weighted by atomic mass is 32.1. The maximum atomic E-state index is 11.5. The summed E-state index contributed by atoms with van der Waals surface area (Å²) in [4.78, 5) is 16.3. The van der Waals surface area contributed by atoms with Crippen molar-refractivity contribution in [3.05, 3.63) is 22.1 Å². The smallest absolute Gasteiger partial charge is 0.275 e. The Balaban J connectivity index is 2.65. The molecule has 0 fully saturated rings. The zero-order valence-electron chi connectivity index (χ0n) is 7.94. The lowest BCUT2D eigenvalue weighted by molar-refractivity contribution is 0.889. The van der Waals surface area contributed by atoms with Gasteiger partial charge < -0.3 is 5.32 Å². The Morgan fingerprint density at radius 3 is 3.14 bits per heavy atom. The van der Waals surface area contributed by atoms with E-state index in [1.54, 1.807) is 6.92 Å². The summed E-state index contributed by atoms with van der Waals surface area (Å²) in [7, 11) is 0. The predicted molar refractivity (Wildman–Crippen MR) is 56.0 cm³/mol. The van der Waals surface area contributed by atoms with E-state index >= 15 is 0 Å². The van der Waals surface area contributed by atoms with Crippen LogP contribution in [0.3, 0.4) is 0 Å². The third-order valence-corrected chi connectivity index (χ3v) is 2.57. The topological polar surface area (TPSA) is 59.3 Å². The van der Waals surface area contributed by atoms with E-state index in [0.29, 0.717) is 4.96 Å². The third-order valence-electron chi connectivity index (χ3n) is 1.70. The number of hydrogen-bond acceptors (Lipinski definition) is 5. The van der Waals surface area contributed by atoms with Crippen LogP contribution in [-0.2, 0) is 0 Å². The molecule has 14 heavy (non-hydrogen) atoms. The predicted octanol–water partition coefficient (Wildman–Crippen LogP) is 0.891. The average Bonchev–Trinajstić information content (AvgIpc) is 2.48. The molecule has 5 nitrogen and oxygen atoms in total. The Morgan fingerprint density at radius 1 is 1.64 bits per heavy atom. The van der Waals surface area contributed by atoms with Crippen LogP contribution in [0.5, 0.6) is 0 Å². The number of hydrogen-bond donors (Lipinski definition) is 1. The van der Waals surface area contributed by atoms with Gasteiger partial charge in [0.2, 0.25) is 10.1 Å². The van der Waals surface area contributed by atoms with Gasteiger partial charge in [-0.25, -0.2) is 4.98 Å². The molecule has 0 unspecified atom stereocenters. The van der Waals surface area contributed by atoms with E-state index in [9.17, 15) is 4.79 Å². The largest absolute Gasteiger partial charge is 0.360 e. The second kappa shape index (κ2) is 3.38. The van der Waals surface area contributed by atoms with Crippen LogP contribution in [-0.4, -0.2) is 21.1 Å². The molecular weight excluding hydrogens is 200 g/mol. The van der Waals surface area contributed by atoms with Crippen molar-refractivity contribution in [2.45, 2.75) is 13.8 Å². The van der Waals surface area contributed by atoms with Gasteiger partial charge in [0.25, 0.3) is 5.56 Å². The number of aromatic nitrogens is 3. The molecule has 74 valence electrons. The first-order valence-electron chi connectivity index (χ1n) is 4.32. The van der Waals surface area contributed by atoms with E-state index in [1.165, 1.54) is 21.9 Å². The van der Waals surface area contributed by atoms with Crippen LogP contribution in [0.15, 0.2) is 10.9 Å². The van der Waals surface area contributed by atoms with Crippen LogP contribution in [0.2, 0.25) is 0 Å². The van der Waals surface area contributed by atoms with Crippen LogP contribution in [0.1, 0.15) is 12.6 Å². The minimum absolute atomic E-state index is 0.132. The highest BCUT2D eigenvalue weighted by Crippen LogP contribution is 2.15. The molecule has 0 radical (unpaired) electrons. The fourth-order valence-electron chi connectivity index (χ4n) is 1.14. The zero-order valence-corrected chi connectivity index (χ0v) is 8.76. The molecule has 0 atom stereocenters. The van der Waals surface area contributed by atoms with Crippen LogP contribution in [0.4, 0.5) is 5.13 Å². The van der Waals surface area contributed by atoms with E-state index in [0.717, 1.165) is 17.4 Å². The van der Waals surface area contributed by atoms with Crippen molar-refractivity contribution in [1.82, 2.24) is 14.6 Å². The minimum Gasteiger partial charge on any atom is -0.360 e. The van der Waals surface area contributed by atoms with Crippen molar-refractivity contribution in [1.29, 1.82) is 0 Å².